The van der Waals surface area contributed by atoms with Crippen LogP contribution in [0.15, 0.2) is 36.4 Å². The fraction of sp³-hybridized carbons (Fsp3) is 0.400. The molecule has 4 amide bonds. The van der Waals surface area contributed by atoms with E-state index in [1.807, 2.05) is 36.8 Å². The summed E-state index contributed by atoms with van der Waals surface area (Å²) in [4.78, 5) is 61.9. The van der Waals surface area contributed by atoms with Crippen LogP contribution < -0.4 is 31.6 Å². The Morgan fingerprint density at radius 3 is 2.00 bits per heavy atom. The van der Waals surface area contributed by atoms with Crippen LogP contribution in [-0.4, -0.2) is 89.2 Å². The molecule has 0 spiro atoms. The van der Waals surface area contributed by atoms with Crippen molar-refractivity contribution in [2.24, 2.45) is 11.5 Å². The Balaban J connectivity index is 1.26. The van der Waals surface area contributed by atoms with Crippen LogP contribution in [0.3, 0.4) is 0 Å². The van der Waals surface area contributed by atoms with Gasteiger partial charge in [-0.1, -0.05) is 0 Å². The number of rotatable bonds is 17. The highest BCUT2D eigenvalue weighted by atomic mass is 16.5. The first-order valence-corrected chi connectivity index (χ1v) is 19.6. The number of methoxy groups -OCH3 is 1. The number of nitrogens with one attached hydrogen (secondary N) is 2. The van der Waals surface area contributed by atoms with Gasteiger partial charge in [-0.2, -0.15) is 10.2 Å². The van der Waals surface area contributed by atoms with E-state index in [1.165, 1.54) is 0 Å². The smallest absolute Gasteiger partial charge is 0.276 e. The molecule has 6 N–H and O–H groups in total. The molecule has 0 saturated carbocycles. The summed E-state index contributed by atoms with van der Waals surface area (Å²) < 4.78 is 24.7. The Labute approximate surface area is 339 Å². The molecule has 2 aromatic carbocycles. The van der Waals surface area contributed by atoms with E-state index in [-0.39, 0.29) is 35.7 Å². The lowest BCUT2D eigenvalue weighted by Crippen LogP contribution is -2.22. The number of imidazole rings is 2. The van der Waals surface area contributed by atoms with Gasteiger partial charge in [0.05, 0.1) is 35.6 Å². The van der Waals surface area contributed by atoms with E-state index in [1.54, 1.807) is 52.9 Å². The quantitative estimate of drug-likeness (QED) is 0.0944. The van der Waals surface area contributed by atoms with E-state index in [2.05, 4.69) is 20.8 Å². The van der Waals surface area contributed by atoms with Crippen molar-refractivity contribution in [3.63, 3.8) is 0 Å². The van der Waals surface area contributed by atoms with Gasteiger partial charge in [0.15, 0.2) is 0 Å². The lowest BCUT2D eigenvalue weighted by molar-refractivity contribution is 0.0991. The Morgan fingerprint density at radius 1 is 0.797 bits per heavy atom. The summed E-state index contributed by atoms with van der Waals surface area (Å²) in [6.45, 7) is 9.83. The number of carbonyl (C=O) groups excluding carboxylic acids is 4. The van der Waals surface area contributed by atoms with Gasteiger partial charge in [0, 0.05) is 63.4 Å². The van der Waals surface area contributed by atoms with Crippen molar-refractivity contribution in [2.45, 2.75) is 79.1 Å². The predicted octanol–water partition coefficient (Wildman–Crippen LogP) is 4.36. The fourth-order valence-electron chi connectivity index (χ4n) is 7.53. The van der Waals surface area contributed by atoms with E-state index >= 15 is 0 Å². The van der Waals surface area contributed by atoms with Crippen molar-refractivity contribution in [3.8, 4) is 11.5 Å². The molecule has 0 unspecified atom stereocenters. The van der Waals surface area contributed by atoms with E-state index in [0.29, 0.717) is 115 Å². The van der Waals surface area contributed by atoms with Crippen LogP contribution in [-0.2, 0) is 24.4 Å². The highest BCUT2D eigenvalue weighted by molar-refractivity contribution is 6.05. The molecule has 5 heterocycles. The molecule has 59 heavy (non-hydrogen) atoms. The molecule has 0 saturated heterocycles. The molecule has 4 aromatic heterocycles. The molecule has 1 aliphatic heterocycles. The molecule has 0 radical (unpaired) electrons. The largest absolute Gasteiger partial charge is 0.491 e. The van der Waals surface area contributed by atoms with Gasteiger partial charge in [0.25, 0.3) is 11.8 Å². The normalized spacial score (nSPS) is 13.7. The average molecular weight is 809 g/mol. The fourth-order valence-corrected chi connectivity index (χ4v) is 7.53. The molecular formula is C40H48N12O7. The first-order chi connectivity index (χ1) is 28.4. The molecule has 1 aliphatic rings. The number of hydrogen-bond acceptors (Lipinski definition) is 11. The second kappa shape index (κ2) is 17.0. The Bertz CT molecular complexity index is 2580. The maximum absolute atomic E-state index is 13.8. The van der Waals surface area contributed by atoms with Gasteiger partial charge in [-0.15, -0.1) is 0 Å². The third kappa shape index (κ3) is 8.18. The molecule has 19 heteroatoms. The van der Waals surface area contributed by atoms with Crippen LogP contribution in [0.4, 0.5) is 11.9 Å². The first kappa shape index (κ1) is 40.4. The number of aryl methyl sites for hydroxylation is 5. The lowest BCUT2D eigenvalue weighted by Gasteiger charge is -2.20. The Morgan fingerprint density at radius 2 is 1.39 bits per heavy atom. The number of nitrogens with two attached hydrogens (primary N) is 2. The van der Waals surface area contributed by atoms with E-state index in [9.17, 15) is 19.2 Å². The zero-order valence-electron chi connectivity index (χ0n) is 33.7. The number of anilines is 2. The van der Waals surface area contributed by atoms with Crippen LogP contribution in [0.5, 0.6) is 11.5 Å². The minimum Gasteiger partial charge on any atom is -0.491 e. The maximum atomic E-state index is 13.8. The van der Waals surface area contributed by atoms with Gasteiger partial charge in [-0.05, 0) is 76.9 Å². The predicted molar refractivity (Wildman–Crippen MR) is 218 cm³/mol. The maximum Gasteiger partial charge on any atom is 0.276 e. The number of carbonyl (C=O) groups is 4. The van der Waals surface area contributed by atoms with Gasteiger partial charge < -0.3 is 34.8 Å². The highest BCUT2D eigenvalue weighted by Crippen LogP contribution is 2.39. The summed E-state index contributed by atoms with van der Waals surface area (Å²) >= 11 is 0. The number of ether oxygens (including phenoxy) is 3. The lowest BCUT2D eigenvalue weighted by atomic mass is 10.1. The van der Waals surface area contributed by atoms with Gasteiger partial charge in [0.2, 0.25) is 23.7 Å². The number of benzene rings is 2. The van der Waals surface area contributed by atoms with Gasteiger partial charge >= 0.3 is 0 Å². The van der Waals surface area contributed by atoms with Crippen molar-refractivity contribution in [1.82, 2.24) is 38.7 Å². The second-order valence-corrected chi connectivity index (χ2v) is 14.3. The third-order valence-corrected chi connectivity index (χ3v) is 10.2. The van der Waals surface area contributed by atoms with E-state index in [4.69, 9.17) is 35.6 Å². The number of amides is 4. The van der Waals surface area contributed by atoms with E-state index < -0.39 is 23.6 Å². The molecule has 1 atom stereocenters. The van der Waals surface area contributed by atoms with Crippen molar-refractivity contribution in [2.75, 3.05) is 37.6 Å². The molecule has 0 fully saturated rings. The Kier molecular flexibility index (Phi) is 11.6. The monoisotopic (exact) mass is 808 g/mol. The van der Waals surface area contributed by atoms with Crippen LogP contribution in [0, 0.1) is 13.8 Å². The summed E-state index contributed by atoms with van der Waals surface area (Å²) in [5, 5.41) is 14.8. The zero-order chi connectivity index (χ0) is 42.0. The minimum absolute atomic E-state index is 0.203. The van der Waals surface area contributed by atoms with Gasteiger partial charge in [0.1, 0.15) is 33.9 Å². The minimum atomic E-state index is -0.654. The van der Waals surface area contributed by atoms with Crippen molar-refractivity contribution < 1.29 is 33.4 Å². The number of primary amides is 2. The SMILES string of the molecule is CCn1nc(C)cc1C(=O)Nc1nc2cc(C(N)=O)cc(OCCCOC)c2n1CCC[C@H]1CCOc2cc(C(N)=O)cc3nc(NC(=O)c4cc(C)nn4CC)n1c23. The van der Waals surface area contributed by atoms with Crippen molar-refractivity contribution >= 4 is 57.6 Å². The molecule has 6 aromatic rings. The second-order valence-electron chi connectivity index (χ2n) is 14.3. The van der Waals surface area contributed by atoms with Crippen molar-refractivity contribution in [1.29, 1.82) is 0 Å². The average Bonchev–Trinajstić information content (AvgIpc) is 3.94. The molecular weight excluding hydrogens is 761 g/mol. The zero-order valence-corrected chi connectivity index (χ0v) is 33.7. The van der Waals surface area contributed by atoms with Crippen LogP contribution >= 0.6 is 0 Å². The van der Waals surface area contributed by atoms with E-state index in [0.717, 1.165) is 0 Å². The number of nitrogens with zero attached hydrogens (tertiary/aromatic N) is 8. The molecule has 0 aliphatic carbocycles. The van der Waals surface area contributed by atoms with Gasteiger partial charge in [-0.3, -0.25) is 39.2 Å². The van der Waals surface area contributed by atoms with Crippen LogP contribution in [0.1, 0.15) is 98.7 Å². The van der Waals surface area contributed by atoms with Gasteiger partial charge in [-0.25, -0.2) is 9.97 Å². The number of fused-ring (bicyclic) bond motifs is 1. The topological polar surface area (TPSA) is 243 Å². The Hall–Kier alpha value is -6.76. The summed E-state index contributed by atoms with van der Waals surface area (Å²) in [5.74, 6) is -0.769. The number of aromatic nitrogens is 8. The summed E-state index contributed by atoms with van der Waals surface area (Å²) in [5.41, 5.74) is 16.0. The molecule has 0 bridgehead atoms. The van der Waals surface area contributed by atoms with Crippen molar-refractivity contribution in [3.05, 3.63) is 70.3 Å². The summed E-state index contributed by atoms with van der Waals surface area (Å²) in [7, 11) is 1.60. The first-order valence-electron chi connectivity index (χ1n) is 19.6. The molecule has 310 valence electrons. The van der Waals surface area contributed by atoms with Crippen LogP contribution in [0.25, 0.3) is 22.1 Å². The third-order valence-electron chi connectivity index (χ3n) is 10.2. The molecule has 19 nitrogen and oxygen atoms in total. The number of hydrogen-bond donors (Lipinski definition) is 4. The summed E-state index contributed by atoms with van der Waals surface area (Å²) in [6.07, 6.45) is 2.21. The summed E-state index contributed by atoms with van der Waals surface area (Å²) in [6, 6.07) is 9.53. The highest BCUT2D eigenvalue weighted by Gasteiger charge is 2.29. The standard InChI is InChI=1S/C40H48N12O7/c1-6-50-29(16-22(3)47-50)37(55)45-39-43-27-18-24(35(41)53)20-31(58-14-9-13-57-5)33(27)49(39)12-8-10-26-11-15-59-32-21-25(36(42)54)19-28-34(32)52(26)40(44-28)46-38(56)30-17-23(4)48-51(30)7-2/h16-21,26H,6-15H2,1-5H3,(H2,41,53)(H2,42,54)(H,43,45,55)(H,44,46,56)/t26-/m0/s1. The molecule has 7 rings (SSSR count). The van der Waals surface area contributed by atoms with Crippen LogP contribution in [0.2, 0.25) is 0 Å².